The quantitative estimate of drug-likeness (QED) is 0.620. The molecule has 0 aliphatic heterocycles. The number of hydrazine groups is 1. The van der Waals surface area contributed by atoms with Gasteiger partial charge < -0.3 is 0 Å². The molecule has 0 radical (unpaired) electrons. The van der Waals surface area contributed by atoms with Crippen molar-refractivity contribution in [2.75, 3.05) is 5.43 Å². The number of hydrogen-bond donors (Lipinski definition) is 3. The average molecular weight is 223 g/mol. The molecule has 1 aromatic rings. The fourth-order valence-electron chi connectivity index (χ4n) is 0.597. The Labute approximate surface area is 80.3 Å². The molecule has 0 aliphatic carbocycles. The number of aromatic nitrogens is 1. The van der Waals surface area contributed by atoms with Crippen LogP contribution in [0.5, 0.6) is 0 Å². The van der Waals surface area contributed by atoms with Crippen molar-refractivity contribution >= 4 is 27.6 Å². The van der Waals surface area contributed by atoms with Crippen molar-refractivity contribution in [3.63, 3.8) is 0 Å². The maximum Gasteiger partial charge on any atom is 0.291 e. The monoisotopic (exact) mass is 222 g/mol. The Morgan fingerprint density at radius 2 is 2.23 bits per heavy atom. The van der Waals surface area contributed by atoms with E-state index in [-0.39, 0.29) is 5.82 Å². The van der Waals surface area contributed by atoms with Gasteiger partial charge in [0, 0.05) is 6.20 Å². The summed E-state index contributed by atoms with van der Waals surface area (Å²) in [5.41, 5.74) is 2.25. The fourth-order valence-corrected chi connectivity index (χ4v) is 1.00. The van der Waals surface area contributed by atoms with E-state index < -0.39 is 10.2 Å². The Kier molecular flexibility index (Phi) is 3.04. The van der Waals surface area contributed by atoms with E-state index in [0.717, 1.165) is 0 Å². The van der Waals surface area contributed by atoms with Crippen LogP contribution in [-0.4, -0.2) is 13.4 Å². The first kappa shape index (κ1) is 10.2. The molecule has 8 heteroatoms. The molecule has 0 amide bonds. The fraction of sp³-hybridized carbons (Fsp3) is 0. The summed E-state index contributed by atoms with van der Waals surface area (Å²) in [5.74, 6) is 0.193. The van der Waals surface area contributed by atoms with Crippen LogP contribution in [0.3, 0.4) is 0 Å². The van der Waals surface area contributed by atoms with Crippen molar-refractivity contribution < 1.29 is 8.42 Å². The van der Waals surface area contributed by atoms with Gasteiger partial charge in [0.25, 0.3) is 10.2 Å². The molecular formula is C5H7ClN4O2S. The average Bonchev–Trinajstić information content (AvgIpc) is 2.01. The lowest BCUT2D eigenvalue weighted by Crippen LogP contribution is -2.35. The molecule has 0 fully saturated rings. The van der Waals surface area contributed by atoms with Gasteiger partial charge in [-0.05, 0) is 12.1 Å². The molecule has 0 aliphatic rings. The summed E-state index contributed by atoms with van der Waals surface area (Å²) in [7, 11) is -3.80. The van der Waals surface area contributed by atoms with Gasteiger partial charge >= 0.3 is 0 Å². The molecule has 0 spiro atoms. The van der Waals surface area contributed by atoms with Crippen molar-refractivity contribution in [2.24, 2.45) is 5.14 Å². The van der Waals surface area contributed by atoms with Gasteiger partial charge in [-0.2, -0.15) is 8.42 Å². The van der Waals surface area contributed by atoms with Gasteiger partial charge in [-0.3, -0.25) is 5.43 Å². The van der Waals surface area contributed by atoms with E-state index in [1.807, 2.05) is 4.83 Å². The number of nitrogens with one attached hydrogen (secondary N) is 2. The van der Waals surface area contributed by atoms with Crippen LogP contribution in [0.15, 0.2) is 18.3 Å². The van der Waals surface area contributed by atoms with Gasteiger partial charge in [-0.1, -0.05) is 11.6 Å². The molecule has 0 atom stereocenters. The molecule has 6 nitrogen and oxygen atoms in total. The number of anilines is 1. The van der Waals surface area contributed by atoms with Gasteiger partial charge in [0.05, 0.1) is 5.02 Å². The van der Waals surface area contributed by atoms with E-state index in [9.17, 15) is 8.42 Å². The summed E-state index contributed by atoms with van der Waals surface area (Å²) in [6.45, 7) is 0. The van der Waals surface area contributed by atoms with Crippen molar-refractivity contribution in [1.29, 1.82) is 0 Å². The predicted molar refractivity (Wildman–Crippen MR) is 49.1 cm³/mol. The van der Waals surface area contributed by atoms with Gasteiger partial charge in [0.2, 0.25) is 0 Å². The highest BCUT2D eigenvalue weighted by Crippen LogP contribution is 2.15. The first-order valence-corrected chi connectivity index (χ1v) is 5.07. The molecule has 1 rings (SSSR count). The smallest absolute Gasteiger partial charge is 0.290 e. The summed E-state index contributed by atoms with van der Waals surface area (Å²) >= 11 is 5.65. The van der Waals surface area contributed by atoms with Crippen LogP contribution in [0.4, 0.5) is 5.82 Å². The minimum atomic E-state index is -3.80. The normalized spacial score (nSPS) is 11.2. The second-order valence-electron chi connectivity index (χ2n) is 2.11. The molecule has 0 saturated carbocycles. The van der Waals surface area contributed by atoms with Crippen LogP contribution < -0.4 is 15.4 Å². The summed E-state index contributed by atoms with van der Waals surface area (Å²) in [5, 5.41) is 4.95. The molecule has 0 unspecified atom stereocenters. The van der Waals surface area contributed by atoms with E-state index in [4.69, 9.17) is 11.6 Å². The lowest BCUT2D eigenvalue weighted by atomic mass is 10.5. The number of pyridine rings is 1. The highest BCUT2D eigenvalue weighted by atomic mass is 35.5. The first-order valence-electron chi connectivity index (χ1n) is 3.15. The van der Waals surface area contributed by atoms with Crippen LogP contribution in [0.2, 0.25) is 5.02 Å². The molecule has 1 heterocycles. The summed E-state index contributed by atoms with van der Waals surface area (Å²) in [6.07, 6.45) is 1.46. The van der Waals surface area contributed by atoms with E-state index in [1.165, 1.54) is 6.20 Å². The molecule has 13 heavy (non-hydrogen) atoms. The van der Waals surface area contributed by atoms with Crippen molar-refractivity contribution in [3.8, 4) is 0 Å². The molecule has 0 aromatic carbocycles. The van der Waals surface area contributed by atoms with E-state index >= 15 is 0 Å². The topological polar surface area (TPSA) is 97.1 Å². The third-order valence-corrected chi connectivity index (χ3v) is 1.76. The zero-order valence-electron chi connectivity index (χ0n) is 6.36. The van der Waals surface area contributed by atoms with E-state index in [1.54, 1.807) is 12.1 Å². The molecule has 1 aromatic heterocycles. The summed E-state index contributed by atoms with van der Waals surface area (Å²) < 4.78 is 20.9. The maximum absolute atomic E-state index is 10.4. The molecule has 0 bridgehead atoms. The van der Waals surface area contributed by atoms with Crippen LogP contribution in [0, 0.1) is 0 Å². The number of hydrogen-bond acceptors (Lipinski definition) is 4. The largest absolute Gasteiger partial charge is 0.291 e. The zero-order chi connectivity index (χ0) is 9.90. The second-order valence-corrected chi connectivity index (χ2v) is 3.81. The van der Waals surface area contributed by atoms with Crippen LogP contribution in [-0.2, 0) is 10.2 Å². The highest BCUT2D eigenvalue weighted by Gasteiger charge is 2.03. The molecular weight excluding hydrogens is 216 g/mol. The minimum Gasteiger partial charge on any atom is -0.290 e. The summed E-state index contributed by atoms with van der Waals surface area (Å²) in [6, 6.07) is 3.17. The van der Waals surface area contributed by atoms with Crippen LogP contribution >= 0.6 is 11.6 Å². The van der Waals surface area contributed by atoms with E-state index in [2.05, 4.69) is 15.5 Å². The van der Waals surface area contributed by atoms with Gasteiger partial charge in [-0.25, -0.2) is 10.1 Å². The van der Waals surface area contributed by atoms with Crippen molar-refractivity contribution in [2.45, 2.75) is 0 Å². The first-order chi connectivity index (χ1) is 5.99. The van der Waals surface area contributed by atoms with Crippen LogP contribution in [0.1, 0.15) is 0 Å². The number of nitrogens with two attached hydrogens (primary N) is 1. The standard InChI is InChI=1S/C5H7ClN4O2S/c6-4-2-1-3-8-5(4)9-10-13(7,11)12/h1-3,10H,(H,8,9)(H2,7,11,12). The SMILES string of the molecule is NS(=O)(=O)NNc1ncccc1Cl. The predicted octanol–water partition coefficient (Wildman–Crippen LogP) is -0.145. The molecule has 0 saturated heterocycles. The van der Waals surface area contributed by atoms with Gasteiger partial charge in [0.15, 0.2) is 5.82 Å². The second kappa shape index (κ2) is 3.88. The minimum absolute atomic E-state index is 0.193. The third kappa shape index (κ3) is 3.55. The Morgan fingerprint density at radius 1 is 1.54 bits per heavy atom. The number of nitrogens with zero attached hydrogens (tertiary/aromatic N) is 1. The van der Waals surface area contributed by atoms with Gasteiger partial charge in [-0.15, -0.1) is 4.83 Å². The summed E-state index contributed by atoms with van der Waals surface area (Å²) in [4.78, 5) is 5.59. The Bertz CT molecular complexity index is 393. The van der Waals surface area contributed by atoms with Crippen molar-refractivity contribution in [1.82, 2.24) is 9.82 Å². The maximum atomic E-state index is 10.4. The Morgan fingerprint density at radius 3 is 2.77 bits per heavy atom. The molecule has 4 N–H and O–H groups in total. The van der Waals surface area contributed by atoms with E-state index in [0.29, 0.717) is 5.02 Å². The lowest BCUT2D eigenvalue weighted by Gasteiger charge is -2.05. The highest BCUT2D eigenvalue weighted by molar-refractivity contribution is 7.87. The number of rotatable bonds is 3. The molecule has 72 valence electrons. The number of halogens is 1. The van der Waals surface area contributed by atoms with Crippen LogP contribution in [0.25, 0.3) is 0 Å². The van der Waals surface area contributed by atoms with Crippen molar-refractivity contribution in [3.05, 3.63) is 23.4 Å². The Hall–Kier alpha value is -0.890. The zero-order valence-corrected chi connectivity index (χ0v) is 7.93. The Balaban J connectivity index is 2.71. The van der Waals surface area contributed by atoms with Gasteiger partial charge in [0.1, 0.15) is 0 Å². The lowest BCUT2D eigenvalue weighted by molar-refractivity contribution is 0.589. The third-order valence-electron chi connectivity index (χ3n) is 1.07.